The fraction of sp³-hybridized carbons (Fsp3) is 0.500. The number of nitrogens with two attached hydrogens (primary N) is 1. The average molecular weight is 235 g/mol. The number of esters is 1. The van der Waals surface area contributed by atoms with Crippen molar-refractivity contribution >= 4 is 17.5 Å². The van der Waals surface area contributed by atoms with E-state index in [-0.39, 0.29) is 0 Å². The molecule has 0 unspecified atom stereocenters. The molecule has 0 atom stereocenters. The number of hydrogen-bond donors (Lipinski definition) is 1. The smallest absolute Gasteiger partial charge is 0.340 e. The van der Waals surface area contributed by atoms with Gasteiger partial charge in [0.15, 0.2) is 5.82 Å². The number of aromatic nitrogens is 1. The number of hydrogen-bond acceptors (Lipinski definition) is 5. The Balaban J connectivity index is 2.31. The zero-order chi connectivity index (χ0) is 12.4. The summed E-state index contributed by atoms with van der Waals surface area (Å²) < 4.78 is 4.69. The lowest BCUT2D eigenvalue weighted by atomic mass is 9.92. The molecule has 0 saturated heterocycles. The maximum atomic E-state index is 11.5. The first-order valence-corrected chi connectivity index (χ1v) is 5.70. The topological polar surface area (TPSA) is 68.5 Å². The number of nitrogen functional groups attached to an aromatic ring is 1. The molecule has 17 heavy (non-hydrogen) atoms. The van der Waals surface area contributed by atoms with Crippen LogP contribution in [0.2, 0.25) is 0 Å². The Labute approximate surface area is 101 Å². The van der Waals surface area contributed by atoms with E-state index in [2.05, 4.69) is 9.72 Å². The summed E-state index contributed by atoms with van der Waals surface area (Å²) in [6, 6.07) is 2.07. The fourth-order valence-corrected chi connectivity index (χ4v) is 1.98. The number of carbonyl (C=O) groups is 1. The quantitative estimate of drug-likeness (QED) is 0.803. The number of ether oxygens (including phenoxy) is 1. The molecule has 1 heterocycles. The van der Waals surface area contributed by atoms with Gasteiger partial charge in [-0.25, -0.2) is 9.78 Å². The predicted molar refractivity (Wildman–Crippen MR) is 66.0 cm³/mol. The lowest BCUT2D eigenvalue weighted by Gasteiger charge is -2.36. The highest BCUT2D eigenvalue weighted by atomic mass is 16.5. The molecule has 5 nitrogen and oxygen atoms in total. The van der Waals surface area contributed by atoms with E-state index >= 15 is 0 Å². The van der Waals surface area contributed by atoms with Crippen LogP contribution in [0.15, 0.2) is 12.3 Å². The third-order valence-electron chi connectivity index (χ3n) is 3.33. The van der Waals surface area contributed by atoms with Crippen molar-refractivity contribution in [3.8, 4) is 0 Å². The summed E-state index contributed by atoms with van der Waals surface area (Å²) >= 11 is 0. The summed E-state index contributed by atoms with van der Waals surface area (Å²) in [7, 11) is 3.31. The maximum Gasteiger partial charge on any atom is 0.340 e. The van der Waals surface area contributed by atoms with E-state index in [1.165, 1.54) is 13.5 Å². The van der Waals surface area contributed by atoms with Gasteiger partial charge >= 0.3 is 5.97 Å². The molecule has 0 bridgehead atoms. The van der Waals surface area contributed by atoms with Gasteiger partial charge in [-0.3, -0.25) is 0 Å². The van der Waals surface area contributed by atoms with Crippen molar-refractivity contribution in [1.29, 1.82) is 0 Å². The van der Waals surface area contributed by atoms with Crippen molar-refractivity contribution in [2.75, 3.05) is 24.8 Å². The van der Waals surface area contributed by atoms with Gasteiger partial charge in [0.25, 0.3) is 0 Å². The van der Waals surface area contributed by atoms with E-state index in [0.29, 0.717) is 23.1 Å². The van der Waals surface area contributed by atoms with Crippen LogP contribution in [0, 0.1) is 0 Å². The van der Waals surface area contributed by atoms with Crippen LogP contribution < -0.4 is 10.6 Å². The van der Waals surface area contributed by atoms with Gasteiger partial charge in [-0.05, 0) is 25.3 Å². The van der Waals surface area contributed by atoms with Crippen LogP contribution in [-0.4, -0.2) is 31.2 Å². The fourth-order valence-electron chi connectivity index (χ4n) is 1.98. The molecule has 2 rings (SSSR count). The van der Waals surface area contributed by atoms with Gasteiger partial charge in [-0.15, -0.1) is 0 Å². The molecule has 1 fully saturated rings. The second-order valence-corrected chi connectivity index (χ2v) is 4.28. The van der Waals surface area contributed by atoms with Crippen molar-refractivity contribution in [2.24, 2.45) is 0 Å². The second kappa shape index (κ2) is 4.61. The van der Waals surface area contributed by atoms with Gasteiger partial charge in [-0.1, -0.05) is 0 Å². The molecule has 1 aromatic heterocycles. The molecule has 1 aromatic rings. The van der Waals surface area contributed by atoms with Crippen molar-refractivity contribution < 1.29 is 9.53 Å². The highest BCUT2D eigenvalue weighted by molar-refractivity contribution is 5.97. The van der Waals surface area contributed by atoms with Crippen molar-refractivity contribution in [3.63, 3.8) is 0 Å². The number of anilines is 2. The van der Waals surface area contributed by atoms with Gasteiger partial charge in [0.05, 0.1) is 18.4 Å². The molecule has 1 aliphatic rings. The van der Waals surface area contributed by atoms with Crippen LogP contribution in [0.3, 0.4) is 0 Å². The largest absolute Gasteiger partial charge is 0.465 e. The Morgan fingerprint density at radius 2 is 2.29 bits per heavy atom. The summed E-state index contributed by atoms with van der Waals surface area (Å²) in [5.41, 5.74) is 6.75. The minimum atomic E-state index is -0.423. The molecule has 0 spiro atoms. The van der Waals surface area contributed by atoms with Crippen molar-refractivity contribution in [3.05, 3.63) is 17.8 Å². The van der Waals surface area contributed by atoms with E-state index in [1.807, 2.05) is 11.9 Å². The summed E-state index contributed by atoms with van der Waals surface area (Å²) in [5.74, 6) is 0.241. The Hall–Kier alpha value is -1.78. The SMILES string of the molecule is COC(=O)c1ccnc(N(C)C2CCC2)c1N. The van der Waals surface area contributed by atoms with Crippen LogP contribution in [0.5, 0.6) is 0 Å². The molecule has 2 N–H and O–H groups in total. The number of carbonyl (C=O) groups excluding carboxylic acids is 1. The lowest BCUT2D eigenvalue weighted by Crippen LogP contribution is -2.38. The third kappa shape index (κ3) is 2.05. The monoisotopic (exact) mass is 235 g/mol. The average Bonchev–Trinajstić information content (AvgIpc) is 2.26. The summed E-state index contributed by atoms with van der Waals surface area (Å²) in [4.78, 5) is 17.8. The summed E-state index contributed by atoms with van der Waals surface area (Å²) in [5, 5.41) is 0. The Kier molecular flexibility index (Phi) is 3.17. The van der Waals surface area contributed by atoms with Gasteiger partial charge in [-0.2, -0.15) is 0 Å². The number of methoxy groups -OCH3 is 1. The number of nitrogens with zero attached hydrogens (tertiary/aromatic N) is 2. The van der Waals surface area contributed by atoms with E-state index < -0.39 is 5.97 Å². The molecule has 5 heteroatoms. The molecular formula is C12H17N3O2. The summed E-state index contributed by atoms with van der Waals surface area (Å²) in [6.07, 6.45) is 5.14. The predicted octanol–water partition coefficient (Wildman–Crippen LogP) is 1.44. The van der Waals surface area contributed by atoms with Gasteiger partial charge in [0.1, 0.15) is 0 Å². The van der Waals surface area contributed by atoms with E-state index in [4.69, 9.17) is 5.73 Å². The second-order valence-electron chi connectivity index (χ2n) is 4.28. The standard InChI is InChI=1S/C12H17N3O2/c1-15(8-4-3-5-8)11-10(13)9(6-7-14-11)12(16)17-2/h6-8H,3-5,13H2,1-2H3. The zero-order valence-electron chi connectivity index (χ0n) is 10.1. The third-order valence-corrected chi connectivity index (χ3v) is 3.33. The zero-order valence-corrected chi connectivity index (χ0v) is 10.1. The van der Waals surface area contributed by atoms with E-state index in [9.17, 15) is 4.79 Å². The van der Waals surface area contributed by atoms with Crippen LogP contribution in [-0.2, 0) is 4.74 Å². The highest BCUT2D eigenvalue weighted by Gasteiger charge is 2.25. The lowest BCUT2D eigenvalue weighted by molar-refractivity contribution is 0.0602. The van der Waals surface area contributed by atoms with Gasteiger partial charge < -0.3 is 15.4 Å². The van der Waals surface area contributed by atoms with Gasteiger partial charge in [0, 0.05) is 19.3 Å². The highest BCUT2D eigenvalue weighted by Crippen LogP contribution is 2.31. The molecular weight excluding hydrogens is 218 g/mol. The van der Waals surface area contributed by atoms with Crippen LogP contribution in [0.4, 0.5) is 11.5 Å². The van der Waals surface area contributed by atoms with Crippen LogP contribution in [0.1, 0.15) is 29.6 Å². The van der Waals surface area contributed by atoms with Crippen molar-refractivity contribution in [1.82, 2.24) is 4.98 Å². The molecule has 0 aromatic carbocycles. The minimum absolute atomic E-state index is 0.378. The maximum absolute atomic E-state index is 11.5. The van der Waals surface area contributed by atoms with E-state index in [0.717, 1.165) is 12.8 Å². The van der Waals surface area contributed by atoms with Crippen LogP contribution in [0.25, 0.3) is 0 Å². The van der Waals surface area contributed by atoms with E-state index in [1.54, 1.807) is 12.3 Å². The molecule has 1 saturated carbocycles. The first-order chi connectivity index (χ1) is 8.15. The molecule has 0 amide bonds. The Bertz CT molecular complexity index is 430. The first kappa shape index (κ1) is 11.7. The summed E-state index contributed by atoms with van der Waals surface area (Å²) in [6.45, 7) is 0. The van der Waals surface area contributed by atoms with Crippen LogP contribution >= 0.6 is 0 Å². The number of rotatable bonds is 3. The molecule has 0 aliphatic heterocycles. The van der Waals surface area contributed by atoms with Crippen molar-refractivity contribution in [2.45, 2.75) is 25.3 Å². The molecule has 1 aliphatic carbocycles. The molecule has 92 valence electrons. The normalized spacial score (nSPS) is 15.2. The minimum Gasteiger partial charge on any atom is -0.465 e. The first-order valence-electron chi connectivity index (χ1n) is 5.70. The van der Waals surface area contributed by atoms with Gasteiger partial charge in [0.2, 0.25) is 0 Å². The Morgan fingerprint density at radius 1 is 1.59 bits per heavy atom. The Morgan fingerprint density at radius 3 is 2.82 bits per heavy atom. The number of pyridine rings is 1. The molecule has 0 radical (unpaired) electrons.